The number of ether oxygens (including phenoxy) is 1. The van der Waals surface area contributed by atoms with Gasteiger partial charge in [0.1, 0.15) is 0 Å². The average molecular weight is 467 g/mol. The third-order valence-corrected chi connectivity index (χ3v) is 5.96. The minimum absolute atomic E-state index is 0.229. The maximum Gasteiger partial charge on any atom is 0.338 e. The van der Waals surface area contributed by atoms with Crippen LogP contribution in [0.1, 0.15) is 28.0 Å². The number of aromatic nitrogens is 1. The second kappa shape index (κ2) is 9.97. The van der Waals surface area contributed by atoms with Crippen LogP contribution in [-0.4, -0.2) is 23.0 Å². The number of hydrogen-bond acceptors (Lipinski definition) is 6. The monoisotopic (exact) mass is 466 g/mol. The van der Waals surface area contributed by atoms with Gasteiger partial charge in [-0.05, 0) is 50.2 Å². The lowest BCUT2D eigenvalue weighted by molar-refractivity contribution is -0.123. The van der Waals surface area contributed by atoms with Crippen molar-refractivity contribution in [3.8, 4) is 0 Å². The SMILES string of the molecule is Cc1nc(CSc2ccc(C(=O)OC(C)C(=O)Nc3ccc(F)c(F)c3F)cc2)cs1. The van der Waals surface area contributed by atoms with Crippen LogP contribution in [0.3, 0.4) is 0 Å². The van der Waals surface area contributed by atoms with E-state index in [4.69, 9.17) is 4.74 Å². The van der Waals surface area contributed by atoms with Crippen molar-refractivity contribution < 1.29 is 27.5 Å². The highest BCUT2D eigenvalue weighted by Gasteiger charge is 2.22. The van der Waals surface area contributed by atoms with Crippen LogP contribution in [0.4, 0.5) is 18.9 Å². The first-order valence-corrected chi connectivity index (χ1v) is 10.9. The number of carbonyl (C=O) groups excluding carboxylic acids is 2. The zero-order valence-electron chi connectivity index (χ0n) is 16.4. The molecule has 1 unspecified atom stereocenters. The molecule has 0 aliphatic rings. The van der Waals surface area contributed by atoms with E-state index in [1.54, 1.807) is 47.4 Å². The molecule has 3 rings (SSSR count). The lowest BCUT2D eigenvalue weighted by atomic mass is 10.2. The molecule has 0 fully saturated rings. The van der Waals surface area contributed by atoms with Crippen LogP contribution < -0.4 is 5.32 Å². The van der Waals surface area contributed by atoms with Crippen LogP contribution in [0.15, 0.2) is 46.7 Å². The van der Waals surface area contributed by atoms with E-state index in [-0.39, 0.29) is 5.56 Å². The van der Waals surface area contributed by atoms with E-state index in [0.717, 1.165) is 21.7 Å². The summed E-state index contributed by atoms with van der Waals surface area (Å²) in [4.78, 5) is 29.7. The van der Waals surface area contributed by atoms with E-state index < -0.39 is 41.1 Å². The number of benzene rings is 2. The summed E-state index contributed by atoms with van der Waals surface area (Å²) >= 11 is 3.15. The molecule has 1 heterocycles. The van der Waals surface area contributed by atoms with E-state index in [0.29, 0.717) is 11.8 Å². The van der Waals surface area contributed by atoms with Crippen LogP contribution in [0, 0.1) is 24.4 Å². The molecule has 0 spiro atoms. The number of hydrogen-bond donors (Lipinski definition) is 1. The van der Waals surface area contributed by atoms with Gasteiger partial charge in [-0.1, -0.05) is 0 Å². The maximum absolute atomic E-state index is 13.7. The molecule has 3 aromatic rings. The predicted octanol–water partition coefficient (Wildman–Crippen LogP) is 5.35. The Kier molecular flexibility index (Phi) is 7.34. The Hall–Kier alpha value is -2.85. The van der Waals surface area contributed by atoms with Gasteiger partial charge < -0.3 is 10.1 Å². The van der Waals surface area contributed by atoms with Gasteiger partial charge in [-0.15, -0.1) is 23.1 Å². The Bertz CT molecular complexity index is 1100. The minimum Gasteiger partial charge on any atom is -0.449 e. The molecule has 0 saturated heterocycles. The van der Waals surface area contributed by atoms with E-state index in [9.17, 15) is 22.8 Å². The standard InChI is InChI=1S/C21H17F3N2O3S2/c1-11(20(27)26-17-8-7-16(22)18(23)19(17)24)29-21(28)13-3-5-15(6-4-13)31-10-14-9-30-12(2)25-14/h3-9,11H,10H2,1-2H3,(H,26,27). The third kappa shape index (κ3) is 5.86. The number of anilines is 1. The van der Waals surface area contributed by atoms with Gasteiger partial charge in [-0.3, -0.25) is 4.79 Å². The number of nitrogens with zero attached hydrogens (tertiary/aromatic N) is 1. The summed E-state index contributed by atoms with van der Waals surface area (Å²) in [5.74, 6) is -5.55. The zero-order valence-corrected chi connectivity index (χ0v) is 18.1. The smallest absolute Gasteiger partial charge is 0.338 e. The lowest BCUT2D eigenvalue weighted by Crippen LogP contribution is -2.30. The first kappa shape index (κ1) is 22.8. The maximum atomic E-state index is 13.7. The van der Waals surface area contributed by atoms with Crippen molar-refractivity contribution in [2.24, 2.45) is 0 Å². The van der Waals surface area contributed by atoms with E-state index in [2.05, 4.69) is 10.3 Å². The number of aryl methyl sites for hydroxylation is 1. The van der Waals surface area contributed by atoms with Crippen LogP contribution in [0.2, 0.25) is 0 Å². The van der Waals surface area contributed by atoms with Crippen molar-refractivity contribution in [2.75, 3.05) is 5.32 Å². The van der Waals surface area contributed by atoms with Gasteiger partial charge in [-0.2, -0.15) is 0 Å². The molecule has 1 aromatic heterocycles. The molecule has 10 heteroatoms. The molecule has 2 aromatic carbocycles. The number of thiazole rings is 1. The summed E-state index contributed by atoms with van der Waals surface area (Å²) in [6, 6.07) is 8.19. The van der Waals surface area contributed by atoms with Gasteiger partial charge in [0.2, 0.25) is 0 Å². The molecular formula is C21H17F3N2O3S2. The van der Waals surface area contributed by atoms with Crippen LogP contribution >= 0.6 is 23.1 Å². The van der Waals surface area contributed by atoms with Crippen LogP contribution in [0.25, 0.3) is 0 Å². The summed E-state index contributed by atoms with van der Waals surface area (Å²) in [6.07, 6.45) is -1.29. The van der Waals surface area contributed by atoms with Gasteiger partial charge in [0, 0.05) is 16.0 Å². The van der Waals surface area contributed by atoms with Crippen molar-refractivity contribution in [3.63, 3.8) is 0 Å². The first-order chi connectivity index (χ1) is 14.7. The van der Waals surface area contributed by atoms with Crippen molar-refractivity contribution in [3.05, 3.63) is 75.5 Å². The molecule has 1 atom stereocenters. The Morgan fingerprint density at radius 3 is 2.48 bits per heavy atom. The molecule has 0 aliphatic heterocycles. The third-order valence-electron chi connectivity index (χ3n) is 4.09. The highest BCUT2D eigenvalue weighted by molar-refractivity contribution is 7.98. The zero-order chi connectivity index (χ0) is 22.5. The average Bonchev–Trinajstić information content (AvgIpc) is 3.18. The van der Waals surface area contributed by atoms with E-state index in [1.165, 1.54) is 6.92 Å². The highest BCUT2D eigenvalue weighted by atomic mass is 32.2. The van der Waals surface area contributed by atoms with Gasteiger partial charge >= 0.3 is 5.97 Å². The number of nitrogens with one attached hydrogen (secondary N) is 1. The van der Waals surface area contributed by atoms with Crippen molar-refractivity contribution >= 4 is 40.7 Å². The molecule has 1 N–H and O–H groups in total. The minimum atomic E-state index is -1.70. The lowest BCUT2D eigenvalue weighted by Gasteiger charge is -2.14. The number of esters is 1. The normalized spacial score (nSPS) is 11.8. The van der Waals surface area contributed by atoms with E-state index in [1.807, 2.05) is 12.3 Å². The Morgan fingerprint density at radius 2 is 1.84 bits per heavy atom. The Labute approximate surface area is 184 Å². The second-order valence-corrected chi connectivity index (χ2v) is 8.54. The largest absolute Gasteiger partial charge is 0.449 e. The number of carbonyl (C=O) groups is 2. The van der Waals surface area contributed by atoms with Gasteiger partial charge in [-0.25, -0.2) is 22.9 Å². The van der Waals surface area contributed by atoms with E-state index >= 15 is 0 Å². The Balaban J connectivity index is 1.55. The fourth-order valence-electron chi connectivity index (χ4n) is 2.46. The molecule has 162 valence electrons. The molecule has 0 bridgehead atoms. The van der Waals surface area contributed by atoms with Crippen LogP contribution in [-0.2, 0) is 15.3 Å². The van der Waals surface area contributed by atoms with Gasteiger partial charge in [0.05, 0.1) is 22.0 Å². The van der Waals surface area contributed by atoms with Crippen molar-refractivity contribution in [1.29, 1.82) is 0 Å². The van der Waals surface area contributed by atoms with Gasteiger partial charge in [0.25, 0.3) is 5.91 Å². The summed E-state index contributed by atoms with van der Waals surface area (Å²) in [6.45, 7) is 3.22. The van der Waals surface area contributed by atoms with Gasteiger partial charge in [0.15, 0.2) is 23.6 Å². The summed E-state index contributed by atoms with van der Waals surface area (Å²) < 4.78 is 45.0. The van der Waals surface area contributed by atoms with Crippen molar-refractivity contribution in [1.82, 2.24) is 4.98 Å². The fraction of sp³-hybridized carbons (Fsp3) is 0.190. The molecule has 5 nitrogen and oxygen atoms in total. The Morgan fingerprint density at radius 1 is 1.13 bits per heavy atom. The van der Waals surface area contributed by atoms with Crippen molar-refractivity contribution in [2.45, 2.75) is 30.6 Å². The highest BCUT2D eigenvalue weighted by Crippen LogP contribution is 2.24. The number of halogens is 3. The number of amides is 1. The first-order valence-electron chi connectivity index (χ1n) is 9.04. The molecule has 1 amide bonds. The predicted molar refractivity (Wildman–Crippen MR) is 113 cm³/mol. The molecular weight excluding hydrogens is 449 g/mol. The number of thioether (sulfide) groups is 1. The topological polar surface area (TPSA) is 68.3 Å². The summed E-state index contributed by atoms with van der Waals surface area (Å²) in [7, 11) is 0. The molecule has 0 saturated carbocycles. The second-order valence-electron chi connectivity index (χ2n) is 6.43. The summed E-state index contributed by atoms with van der Waals surface area (Å²) in [5.41, 5.74) is 0.657. The van der Waals surface area contributed by atoms with Crippen LogP contribution in [0.5, 0.6) is 0 Å². The summed E-state index contributed by atoms with van der Waals surface area (Å²) in [5, 5.41) is 5.06. The quantitative estimate of drug-likeness (QED) is 0.289. The molecule has 0 radical (unpaired) electrons. The molecule has 0 aliphatic carbocycles. The molecule has 31 heavy (non-hydrogen) atoms. The fourth-order valence-corrected chi connectivity index (χ4v) is 3.97. The number of rotatable bonds is 7.